The van der Waals surface area contributed by atoms with Gasteiger partial charge in [0.2, 0.25) is 10.0 Å². The van der Waals surface area contributed by atoms with Gasteiger partial charge < -0.3 is 10.1 Å². The van der Waals surface area contributed by atoms with Crippen LogP contribution in [0.4, 0.5) is 0 Å². The van der Waals surface area contributed by atoms with Crippen LogP contribution in [0.1, 0.15) is 24.2 Å². The minimum absolute atomic E-state index is 0.0701. The van der Waals surface area contributed by atoms with E-state index in [1.54, 1.807) is 13.8 Å². The second kappa shape index (κ2) is 7.19. The third-order valence-corrected chi connectivity index (χ3v) is 4.11. The summed E-state index contributed by atoms with van der Waals surface area (Å²) in [7, 11) is -2.37. The molecule has 0 aliphatic carbocycles. The van der Waals surface area contributed by atoms with Gasteiger partial charge in [0, 0.05) is 11.6 Å². The predicted octanol–water partition coefficient (Wildman–Crippen LogP) is 0.276. The molecule has 1 rings (SSSR count). The summed E-state index contributed by atoms with van der Waals surface area (Å²) in [4.78, 5) is 22.7. The van der Waals surface area contributed by atoms with Crippen molar-refractivity contribution in [3.05, 3.63) is 29.8 Å². The predicted molar refractivity (Wildman–Crippen MR) is 76.2 cm³/mol. The number of amides is 1. The van der Waals surface area contributed by atoms with Crippen LogP contribution in [0.3, 0.4) is 0 Å². The van der Waals surface area contributed by atoms with Crippen LogP contribution >= 0.6 is 0 Å². The third-order valence-electron chi connectivity index (χ3n) is 2.44. The molecule has 0 radical (unpaired) electrons. The molecule has 0 heterocycles. The van der Waals surface area contributed by atoms with Crippen molar-refractivity contribution in [2.24, 2.45) is 0 Å². The van der Waals surface area contributed by atoms with Gasteiger partial charge in [0.25, 0.3) is 5.91 Å². The Hall–Kier alpha value is -1.93. The number of benzene rings is 1. The highest BCUT2D eigenvalue weighted by Gasteiger charge is 2.16. The van der Waals surface area contributed by atoms with Gasteiger partial charge in [-0.15, -0.1) is 0 Å². The Kier molecular flexibility index (Phi) is 5.86. The van der Waals surface area contributed by atoms with Crippen molar-refractivity contribution in [1.29, 1.82) is 0 Å². The third kappa shape index (κ3) is 5.16. The zero-order chi connectivity index (χ0) is 16.0. The fraction of sp³-hybridized carbons (Fsp3) is 0.385. The number of hydrogen-bond donors (Lipinski definition) is 2. The first-order chi connectivity index (χ1) is 9.76. The summed E-state index contributed by atoms with van der Waals surface area (Å²) in [5.74, 6) is -1.05. The Morgan fingerprint density at radius 1 is 1.19 bits per heavy atom. The normalized spacial score (nSPS) is 11.2. The van der Waals surface area contributed by atoms with E-state index in [1.807, 2.05) is 0 Å². The quantitative estimate of drug-likeness (QED) is 0.734. The van der Waals surface area contributed by atoms with E-state index in [0.29, 0.717) is 0 Å². The van der Waals surface area contributed by atoms with Gasteiger partial charge in [-0.05, 0) is 38.1 Å². The second-order valence-corrected chi connectivity index (χ2v) is 6.27. The highest BCUT2D eigenvalue weighted by atomic mass is 32.2. The van der Waals surface area contributed by atoms with E-state index in [2.05, 4.69) is 14.8 Å². The van der Waals surface area contributed by atoms with Crippen LogP contribution in [0.25, 0.3) is 0 Å². The molecule has 7 nitrogen and oxygen atoms in total. The molecule has 21 heavy (non-hydrogen) atoms. The highest BCUT2D eigenvalue weighted by Crippen LogP contribution is 2.11. The first-order valence-corrected chi connectivity index (χ1v) is 7.72. The molecule has 116 valence electrons. The van der Waals surface area contributed by atoms with Gasteiger partial charge in [0.1, 0.15) is 6.54 Å². The second-order valence-electron chi connectivity index (χ2n) is 4.56. The van der Waals surface area contributed by atoms with Crippen molar-refractivity contribution in [2.45, 2.75) is 24.8 Å². The van der Waals surface area contributed by atoms with E-state index < -0.39 is 21.9 Å². The van der Waals surface area contributed by atoms with Crippen LogP contribution in [0.5, 0.6) is 0 Å². The molecular weight excluding hydrogens is 296 g/mol. The molecule has 0 atom stereocenters. The molecule has 0 saturated heterocycles. The van der Waals surface area contributed by atoms with E-state index in [-0.39, 0.29) is 23.0 Å². The van der Waals surface area contributed by atoms with Crippen LogP contribution in [-0.4, -0.2) is 40.0 Å². The van der Waals surface area contributed by atoms with Crippen molar-refractivity contribution >= 4 is 21.9 Å². The van der Waals surface area contributed by atoms with Gasteiger partial charge in [-0.2, -0.15) is 0 Å². The van der Waals surface area contributed by atoms with Gasteiger partial charge in [0.05, 0.1) is 12.0 Å². The molecule has 0 fully saturated rings. The van der Waals surface area contributed by atoms with E-state index in [1.165, 1.54) is 31.4 Å². The minimum atomic E-state index is -3.59. The topological polar surface area (TPSA) is 102 Å². The zero-order valence-electron chi connectivity index (χ0n) is 12.0. The number of carbonyl (C=O) groups excluding carboxylic acids is 2. The summed E-state index contributed by atoms with van der Waals surface area (Å²) in [6.45, 7) is 3.18. The SMILES string of the molecule is COC(=O)CNC(=O)c1ccc(S(=O)(=O)NC(C)C)cc1. The summed E-state index contributed by atoms with van der Waals surface area (Å²) in [6, 6.07) is 5.19. The molecule has 0 unspecified atom stereocenters. The Balaban J connectivity index is 2.78. The van der Waals surface area contributed by atoms with Gasteiger partial charge in [-0.25, -0.2) is 13.1 Å². The van der Waals surface area contributed by atoms with Gasteiger partial charge in [-0.3, -0.25) is 9.59 Å². The lowest BCUT2D eigenvalue weighted by Crippen LogP contribution is -2.31. The monoisotopic (exact) mass is 314 g/mol. The number of sulfonamides is 1. The standard InChI is InChI=1S/C13H18N2O5S/c1-9(2)15-21(18,19)11-6-4-10(5-7-11)13(17)14-8-12(16)20-3/h4-7,9,15H,8H2,1-3H3,(H,14,17). The number of rotatable bonds is 6. The van der Waals surface area contributed by atoms with Crippen molar-refractivity contribution in [1.82, 2.24) is 10.0 Å². The smallest absolute Gasteiger partial charge is 0.325 e. The lowest BCUT2D eigenvalue weighted by atomic mass is 10.2. The molecule has 0 spiro atoms. The largest absolute Gasteiger partial charge is 0.468 e. The fourth-order valence-corrected chi connectivity index (χ4v) is 2.74. The molecule has 0 aliphatic rings. The molecule has 0 bridgehead atoms. The summed E-state index contributed by atoms with van der Waals surface area (Å²) in [5.41, 5.74) is 0.252. The van der Waals surface area contributed by atoms with Crippen molar-refractivity contribution < 1.29 is 22.7 Å². The minimum Gasteiger partial charge on any atom is -0.468 e. The van der Waals surface area contributed by atoms with Crippen LogP contribution < -0.4 is 10.0 Å². The van der Waals surface area contributed by atoms with Gasteiger partial charge >= 0.3 is 5.97 Å². The number of carbonyl (C=O) groups is 2. The van der Waals surface area contributed by atoms with Gasteiger partial charge in [-0.1, -0.05) is 0 Å². The number of methoxy groups -OCH3 is 1. The van der Waals surface area contributed by atoms with E-state index in [0.717, 1.165) is 0 Å². The van der Waals surface area contributed by atoms with E-state index in [9.17, 15) is 18.0 Å². The van der Waals surface area contributed by atoms with Crippen LogP contribution in [0.15, 0.2) is 29.2 Å². The Labute approximate surface area is 123 Å². The highest BCUT2D eigenvalue weighted by molar-refractivity contribution is 7.89. The van der Waals surface area contributed by atoms with Crippen molar-refractivity contribution in [3.8, 4) is 0 Å². The lowest BCUT2D eigenvalue weighted by molar-refractivity contribution is -0.139. The zero-order valence-corrected chi connectivity index (χ0v) is 12.9. The molecule has 0 aromatic heterocycles. The number of hydrogen-bond acceptors (Lipinski definition) is 5. The summed E-state index contributed by atoms with van der Waals surface area (Å²) >= 11 is 0. The average Bonchev–Trinajstić information content (AvgIpc) is 2.43. The molecule has 1 amide bonds. The molecular formula is C13H18N2O5S. The Morgan fingerprint density at radius 3 is 2.24 bits per heavy atom. The molecule has 1 aromatic carbocycles. The summed E-state index contributed by atoms with van der Waals surface area (Å²) in [6.07, 6.45) is 0. The van der Waals surface area contributed by atoms with Crippen LogP contribution in [0, 0.1) is 0 Å². The first kappa shape index (κ1) is 17.1. The maximum absolute atomic E-state index is 11.9. The fourth-order valence-electron chi connectivity index (χ4n) is 1.49. The number of esters is 1. The van der Waals surface area contributed by atoms with Crippen LogP contribution in [0.2, 0.25) is 0 Å². The van der Waals surface area contributed by atoms with Crippen molar-refractivity contribution in [3.63, 3.8) is 0 Å². The van der Waals surface area contributed by atoms with Gasteiger partial charge in [0.15, 0.2) is 0 Å². The summed E-state index contributed by atoms with van der Waals surface area (Å²) in [5, 5.41) is 2.36. The van der Waals surface area contributed by atoms with E-state index in [4.69, 9.17) is 0 Å². The lowest BCUT2D eigenvalue weighted by Gasteiger charge is -2.10. The number of nitrogens with one attached hydrogen (secondary N) is 2. The molecule has 0 aliphatic heterocycles. The summed E-state index contributed by atoms with van der Waals surface area (Å²) < 4.78 is 30.6. The van der Waals surface area contributed by atoms with E-state index >= 15 is 0 Å². The molecule has 2 N–H and O–H groups in total. The molecule has 8 heteroatoms. The Bertz CT molecular complexity index is 608. The maximum Gasteiger partial charge on any atom is 0.325 e. The Morgan fingerprint density at radius 2 is 1.76 bits per heavy atom. The van der Waals surface area contributed by atoms with Crippen molar-refractivity contribution in [2.75, 3.05) is 13.7 Å². The average molecular weight is 314 g/mol. The maximum atomic E-state index is 11.9. The van der Waals surface area contributed by atoms with Crippen LogP contribution in [-0.2, 0) is 19.6 Å². The first-order valence-electron chi connectivity index (χ1n) is 6.23. The number of ether oxygens (including phenoxy) is 1. The molecule has 0 saturated carbocycles. The molecule has 1 aromatic rings.